The van der Waals surface area contributed by atoms with Crippen molar-refractivity contribution in [1.82, 2.24) is 5.32 Å². The minimum Gasteiger partial charge on any atom is -0.454 e. The van der Waals surface area contributed by atoms with Gasteiger partial charge < -0.3 is 14.8 Å². The van der Waals surface area contributed by atoms with E-state index in [4.69, 9.17) is 9.47 Å². The molecule has 4 nitrogen and oxygen atoms in total. The normalized spacial score (nSPS) is 15.0. The minimum absolute atomic E-state index is 0.0452. The van der Waals surface area contributed by atoms with Gasteiger partial charge in [-0.2, -0.15) is 0 Å². The molecule has 2 aromatic carbocycles. The molecule has 4 heteroatoms. The van der Waals surface area contributed by atoms with Gasteiger partial charge in [-0.15, -0.1) is 0 Å². The van der Waals surface area contributed by atoms with Gasteiger partial charge in [-0.25, -0.2) is 0 Å². The lowest BCUT2D eigenvalue weighted by atomic mass is 9.95. The van der Waals surface area contributed by atoms with E-state index in [1.54, 1.807) is 0 Å². The molecule has 1 aliphatic rings. The van der Waals surface area contributed by atoms with Crippen LogP contribution < -0.4 is 14.8 Å². The Kier molecular flexibility index (Phi) is 4.51. The van der Waals surface area contributed by atoms with Crippen LogP contribution >= 0.6 is 0 Å². The fourth-order valence-electron chi connectivity index (χ4n) is 2.84. The highest BCUT2D eigenvalue weighted by Crippen LogP contribution is 2.34. The maximum atomic E-state index is 12.6. The standard InChI is InChI=1S/C19H21NO3/c1-3-16(14-7-5-4-6-8-14)19(21)20-13(2)15-9-10-17-18(11-15)23-12-22-17/h4-11,13,16H,3,12H2,1-2H3,(H,20,21)/t13-,16-/m0/s1. The number of carbonyl (C=O) groups excluding carboxylic acids is 1. The molecule has 120 valence electrons. The second-order valence-corrected chi connectivity index (χ2v) is 5.71. The van der Waals surface area contributed by atoms with E-state index in [1.807, 2.05) is 62.4 Å². The number of benzene rings is 2. The number of hydrogen-bond acceptors (Lipinski definition) is 3. The molecule has 1 aliphatic heterocycles. The van der Waals surface area contributed by atoms with E-state index in [1.165, 1.54) is 0 Å². The Balaban J connectivity index is 1.71. The van der Waals surface area contributed by atoms with Crippen LogP contribution in [0.25, 0.3) is 0 Å². The summed E-state index contributed by atoms with van der Waals surface area (Å²) in [7, 11) is 0. The molecular formula is C19H21NO3. The van der Waals surface area contributed by atoms with Crippen LogP contribution in [-0.4, -0.2) is 12.7 Å². The fraction of sp³-hybridized carbons (Fsp3) is 0.316. The van der Waals surface area contributed by atoms with Gasteiger partial charge in [-0.3, -0.25) is 4.79 Å². The van der Waals surface area contributed by atoms with Crippen LogP contribution in [0, 0.1) is 0 Å². The Bertz CT molecular complexity index is 684. The van der Waals surface area contributed by atoms with E-state index >= 15 is 0 Å². The zero-order chi connectivity index (χ0) is 16.2. The van der Waals surface area contributed by atoms with Crippen molar-refractivity contribution >= 4 is 5.91 Å². The van der Waals surface area contributed by atoms with Crippen LogP contribution in [0.3, 0.4) is 0 Å². The number of nitrogens with one attached hydrogen (secondary N) is 1. The summed E-state index contributed by atoms with van der Waals surface area (Å²) in [4.78, 5) is 12.6. The third-order valence-electron chi connectivity index (χ3n) is 4.18. The average Bonchev–Trinajstić information content (AvgIpc) is 3.04. The van der Waals surface area contributed by atoms with Crippen molar-refractivity contribution in [2.24, 2.45) is 0 Å². The molecule has 0 bridgehead atoms. The molecule has 3 rings (SSSR count). The van der Waals surface area contributed by atoms with Crippen molar-refractivity contribution < 1.29 is 14.3 Å². The Labute approximate surface area is 136 Å². The maximum absolute atomic E-state index is 12.6. The molecule has 0 radical (unpaired) electrons. The van der Waals surface area contributed by atoms with E-state index in [2.05, 4.69) is 5.32 Å². The highest BCUT2D eigenvalue weighted by atomic mass is 16.7. The summed E-state index contributed by atoms with van der Waals surface area (Å²) in [5.41, 5.74) is 2.05. The lowest BCUT2D eigenvalue weighted by molar-refractivity contribution is -0.123. The van der Waals surface area contributed by atoms with Gasteiger partial charge in [0.1, 0.15) is 0 Å². The fourth-order valence-corrected chi connectivity index (χ4v) is 2.84. The van der Waals surface area contributed by atoms with E-state index in [0.29, 0.717) is 0 Å². The van der Waals surface area contributed by atoms with Crippen LogP contribution in [0.1, 0.15) is 43.4 Å². The maximum Gasteiger partial charge on any atom is 0.231 e. The Morgan fingerprint density at radius 3 is 2.57 bits per heavy atom. The lowest BCUT2D eigenvalue weighted by Gasteiger charge is -2.20. The van der Waals surface area contributed by atoms with Crippen molar-refractivity contribution in [2.75, 3.05) is 6.79 Å². The topological polar surface area (TPSA) is 47.6 Å². The third-order valence-corrected chi connectivity index (χ3v) is 4.18. The monoisotopic (exact) mass is 311 g/mol. The Morgan fingerprint density at radius 2 is 1.83 bits per heavy atom. The summed E-state index contributed by atoms with van der Waals surface area (Å²) in [6.45, 7) is 4.26. The average molecular weight is 311 g/mol. The van der Waals surface area contributed by atoms with Gasteiger partial charge >= 0.3 is 0 Å². The van der Waals surface area contributed by atoms with Crippen molar-refractivity contribution in [2.45, 2.75) is 32.2 Å². The first-order valence-corrected chi connectivity index (χ1v) is 7.94. The molecule has 0 unspecified atom stereocenters. The zero-order valence-electron chi connectivity index (χ0n) is 13.4. The number of hydrogen-bond donors (Lipinski definition) is 1. The largest absolute Gasteiger partial charge is 0.454 e. The first-order valence-electron chi connectivity index (χ1n) is 7.94. The number of fused-ring (bicyclic) bond motifs is 1. The molecule has 0 fully saturated rings. The molecule has 1 heterocycles. The van der Waals surface area contributed by atoms with Crippen molar-refractivity contribution in [3.8, 4) is 11.5 Å². The zero-order valence-corrected chi connectivity index (χ0v) is 13.4. The SMILES string of the molecule is CC[C@H](C(=O)N[C@@H](C)c1ccc2c(c1)OCO2)c1ccccc1. The summed E-state index contributed by atoms with van der Waals surface area (Å²) >= 11 is 0. The molecule has 23 heavy (non-hydrogen) atoms. The summed E-state index contributed by atoms with van der Waals surface area (Å²) in [6, 6.07) is 15.6. The quantitative estimate of drug-likeness (QED) is 0.914. The van der Waals surface area contributed by atoms with Crippen LogP contribution in [0.15, 0.2) is 48.5 Å². The minimum atomic E-state index is -0.132. The second kappa shape index (κ2) is 6.73. The lowest BCUT2D eigenvalue weighted by Crippen LogP contribution is -2.31. The smallest absolute Gasteiger partial charge is 0.231 e. The van der Waals surface area contributed by atoms with Crippen LogP contribution in [-0.2, 0) is 4.79 Å². The van der Waals surface area contributed by atoms with E-state index < -0.39 is 0 Å². The summed E-state index contributed by atoms with van der Waals surface area (Å²) in [6.07, 6.45) is 0.768. The molecule has 0 saturated heterocycles. The van der Waals surface area contributed by atoms with Gasteiger partial charge in [0.25, 0.3) is 0 Å². The van der Waals surface area contributed by atoms with E-state index in [9.17, 15) is 4.79 Å². The van der Waals surface area contributed by atoms with E-state index in [0.717, 1.165) is 29.0 Å². The van der Waals surface area contributed by atoms with Crippen LogP contribution in [0.5, 0.6) is 11.5 Å². The molecule has 0 spiro atoms. The van der Waals surface area contributed by atoms with E-state index in [-0.39, 0.29) is 24.7 Å². The number of carbonyl (C=O) groups is 1. The molecule has 2 aromatic rings. The predicted octanol–water partition coefficient (Wildman–Crippen LogP) is 3.79. The molecular weight excluding hydrogens is 290 g/mol. The van der Waals surface area contributed by atoms with Crippen LogP contribution in [0.2, 0.25) is 0 Å². The first kappa shape index (κ1) is 15.4. The highest BCUT2D eigenvalue weighted by molar-refractivity contribution is 5.84. The summed E-state index contributed by atoms with van der Waals surface area (Å²) in [5.74, 6) is 1.40. The molecule has 0 aromatic heterocycles. The first-order chi connectivity index (χ1) is 11.2. The van der Waals surface area contributed by atoms with Crippen LogP contribution in [0.4, 0.5) is 0 Å². The predicted molar refractivity (Wildman–Crippen MR) is 88.6 cm³/mol. The number of amides is 1. The van der Waals surface area contributed by atoms with Gasteiger partial charge in [0.15, 0.2) is 11.5 Å². The number of rotatable bonds is 5. The van der Waals surface area contributed by atoms with Crippen molar-refractivity contribution in [3.05, 3.63) is 59.7 Å². The molecule has 1 N–H and O–H groups in total. The summed E-state index contributed by atoms with van der Waals surface area (Å²) < 4.78 is 10.7. The molecule has 0 aliphatic carbocycles. The van der Waals surface area contributed by atoms with Crippen molar-refractivity contribution in [1.29, 1.82) is 0 Å². The van der Waals surface area contributed by atoms with Gasteiger partial charge in [-0.05, 0) is 36.6 Å². The van der Waals surface area contributed by atoms with Crippen molar-refractivity contribution in [3.63, 3.8) is 0 Å². The highest BCUT2D eigenvalue weighted by Gasteiger charge is 2.22. The third kappa shape index (κ3) is 3.31. The molecule has 2 atom stereocenters. The van der Waals surface area contributed by atoms with Gasteiger partial charge in [0.2, 0.25) is 12.7 Å². The molecule has 0 saturated carbocycles. The van der Waals surface area contributed by atoms with Gasteiger partial charge in [0, 0.05) is 0 Å². The molecule has 1 amide bonds. The van der Waals surface area contributed by atoms with Gasteiger partial charge in [0.05, 0.1) is 12.0 Å². The van der Waals surface area contributed by atoms with Gasteiger partial charge in [-0.1, -0.05) is 43.3 Å². The Hall–Kier alpha value is -2.49. The summed E-state index contributed by atoms with van der Waals surface area (Å²) in [5, 5.41) is 3.10. The number of ether oxygens (including phenoxy) is 2. The second-order valence-electron chi connectivity index (χ2n) is 5.71. The Morgan fingerprint density at radius 1 is 1.09 bits per heavy atom.